The second-order valence-electron chi connectivity index (χ2n) is 5.27. The van der Waals surface area contributed by atoms with Crippen molar-refractivity contribution in [3.63, 3.8) is 0 Å². The molecule has 3 aromatic heterocycles. The third kappa shape index (κ3) is 2.49. The Balaban J connectivity index is 1.80. The molecule has 4 rings (SSSR count). The predicted molar refractivity (Wildman–Crippen MR) is 88.4 cm³/mol. The topological polar surface area (TPSA) is 67.6 Å². The van der Waals surface area contributed by atoms with E-state index in [-0.39, 0.29) is 5.92 Å². The largest absolute Gasteiger partial charge is 0.461 e. The Morgan fingerprint density at radius 1 is 1.04 bits per heavy atom. The average molecular weight is 325 g/mol. The minimum atomic E-state index is 0.105. The number of nitrogens with one attached hydrogen (secondary N) is 1. The molecule has 0 amide bonds. The van der Waals surface area contributed by atoms with E-state index < -0.39 is 0 Å². The molecule has 0 radical (unpaired) electrons. The van der Waals surface area contributed by atoms with Gasteiger partial charge in [0.05, 0.1) is 6.26 Å². The lowest BCUT2D eigenvalue weighted by molar-refractivity contribution is 0.577. The van der Waals surface area contributed by atoms with Gasteiger partial charge in [-0.25, -0.2) is 15.0 Å². The van der Waals surface area contributed by atoms with Gasteiger partial charge in [-0.2, -0.15) is 0 Å². The molecule has 1 aromatic carbocycles. The molecule has 23 heavy (non-hydrogen) atoms. The Kier molecular flexibility index (Phi) is 3.35. The molecule has 5 nitrogen and oxygen atoms in total. The first kappa shape index (κ1) is 14.0. The van der Waals surface area contributed by atoms with Crippen LogP contribution in [0.1, 0.15) is 24.2 Å². The summed E-state index contributed by atoms with van der Waals surface area (Å²) < 4.78 is 5.33. The van der Waals surface area contributed by atoms with Crippen molar-refractivity contribution < 1.29 is 4.42 Å². The fourth-order valence-electron chi connectivity index (χ4n) is 2.50. The summed E-state index contributed by atoms with van der Waals surface area (Å²) in [6.45, 7) is 2.09. The maximum absolute atomic E-state index is 6.27. The number of furan rings is 1. The van der Waals surface area contributed by atoms with E-state index >= 15 is 0 Å². The van der Waals surface area contributed by atoms with E-state index in [1.807, 2.05) is 18.2 Å². The lowest BCUT2D eigenvalue weighted by Gasteiger charge is -2.07. The summed E-state index contributed by atoms with van der Waals surface area (Å²) in [7, 11) is 0. The average Bonchev–Trinajstić information content (AvgIpc) is 3.24. The van der Waals surface area contributed by atoms with E-state index in [0.717, 1.165) is 5.82 Å². The van der Waals surface area contributed by atoms with Crippen LogP contribution in [0, 0.1) is 0 Å². The first-order valence-corrected chi connectivity index (χ1v) is 7.62. The van der Waals surface area contributed by atoms with Crippen LogP contribution < -0.4 is 0 Å². The maximum atomic E-state index is 6.27. The normalized spacial score (nSPS) is 12.6. The lowest BCUT2D eigenvalue weighted by Crippen LogP contribution is -1.97. The molecule has 0 aliphatic heterocycles. The molecular weight excluding hydrogens is 312 g/mol. The molecule has 6 heteroatoms. The van der Waals surface area contributed by atoms with Gasteiger partial charge in [0, 0.05) is 5.92 Å². The third-order valence-electron chi connectivity index (χ3n) is 3.77. The Hall–Kier alpha value is -2.66. The van der Waals surface area contributed by atoms with Crippen molar-refractivity contribution in [1.82, 2.24) is 19.9 Å². The number of nitrogens with zero attached hydrogens (tertiary/aromatic N) is 3. The summed E-state index contributed by atoms with van der Waals surface area (Å²) in [5.74, 6) is 1.92. The minimum Gasteiger partial charge on any atom is -0.461 e. The van der Waals surface area contributed by atoms with Crippen LogP contribution in [0.25, 0.3) is 22.7 Å². The van der Waals surface area contributed by atoms with Gasteiger partial charge in [0.25, 0.3) is 0 Å². The summed E-state index contributed by atoms with van der Waals surface area (Å²) in [6.07, 6.45) is 1.58. The fourth-order valence-corrected chi connectivity index (χ4v) is 2.72. The number of rotatable bonds is 3. The Labute approximate surface area is 137 Å². The molecule has 0 fully saturated rings. The summed E-state index contributed by atoms with van der Waals surface area (Å²) in [4.78, 5) is 16.6. The molecular formula is C17H13ClN4O. The maximum Gasteiger partial charge on any atom is 0.199 e. The predicted octanol–water partition coefficient (Wildman–Crippen LogP) is 4.42. The lowest BCUT2D eigenvalue weighted by atomic mass is 10.0. The van der Waals surface area contributed by atoms with Crippen LogP contribution in [0.5, 0.6) is 0 Å². The number of fused-ring (bicyclic) bond motifs is 1. The zero-order chi connectivity index (χ0) is 15.8. The molecule has 1 N–H and O–H groups in total. The van der Waals surface area contributed by atoms with Crippen molar-refractivity contribution in [1.29, 1.82) is 0 Å². The number of aromatic nitrogens is 4. The molecule has 0 aliphatic carbocycles. The van der Waals surface area contributed by atoms with Gasteiger partial charge in [-0.15, -0.1) is 0 Å². The zero-order valence-electron chi connectivity index (χ0n) is 12.3. The van der Waals surface area contributed by atoms with Gasteiger partial charge < -0.3 is 9.40 Å². The molecule has 1 atom stereocenters. The van der Waals surface area contributed by atoms with Gasteiger partial charge in [-0.3, -0.25) is 0 Å². The van der Waals surface area contributed by atoms with Crippen LogP contribution in [0.4, 0.5) is 0 Å². The molecule has 1 unspecified atom stereocenters. The second-order valence-corrected chi connectivity index (χ2v) is 5.62. The number of hydrogen-bond acceptors (Lipinski definition) is 4. The minimum absolute atomic E-state index is 0.105. The number of hydrogen-bond donors (Lipinski definition) is 1. The highest BCUT2D eigenvalue weighted by Crippen LogP contribution is 2.27. The monoisotopic (exact) mass is 324 g/mol. The zero-order valence-corrected chi connectivity index (χ0v) is 13.1. The van der Waals surface area contributed by atoms with Gasteiger partial charge in [-0.05, 0) is 17.7 Å². The van der Waals surface area contributed by atoms with Gasteiger partial charge in [0.2, 0.25) is 0 Å². The van der Waals surface area contributed by atoms with Crippen molar-refractivity contribution in [3.8, 4) is 11.6 Å². The quantitative estimate of drug-likeness (QED) is 0.566. The summed E-state index contributed by atoms with van der Waals surface area (Å²) >= 11 is 6.27. The molecule has 0 aliphatic rings. The number of H-pyrrole nitrogens is 1. The number of aromatic amines is 1. The van der Waals surface area contributed by atoms with Crippen molar-refractivity contribution in [2.75, 3.05) is 0 Å². The SMILES string of the molecule is CC(c1ccccc1)c1nc2c(Cl)nc(-c3ccco3)nc2[nH]1. The summed E-state index contributed by atoms with van der Waals surface area (Å²) in [6, 6.07) is 13.7. The van der Waals surface area contributed by atoms with Crippen molar-refractivity contribution in [3.05, 3.63) is 65.3 Å². The van der Waals surface area contributed by atoms with Crippen LogP contribution >= 0.6 is 11.6 Å². The number of benzene rings is 1. The van der Waals surface area contributed by atoms with Gasteiger partial charge in [0.1, 0.15) is 11.3 Å². The molecule has 0 saturated heterocycles. The highest BCUT2D eigenvalue weighted by Gasteiger charge is 2.17. The Morgan fingerprint density at radius 3 is 2.61 bits per heavy atom. The van der Waals surface area contributed by atoms with Crippen molar-refractivity contribution >= 4 is 22.8 Å². The van der Waals surface area contributed by atoms with Crippen molar-refractivity contribution in [2.24, 2.45) is 0 Å². The molecule has 4 aromatic rings. The highest BCUT2D eigenvalue weighted by atomic mass is 35.5. The van der Waals surface area contributed by atoms with E-state index in [1.165, 1.54) is 5.56 Å². The van der Waals surface area contributed by atoms with Crippen molar-refractivity contribution in [2.45, 2.75) is 12.8 Å². The fraction of sp³-hybridized carbons (Fsp3) is 0.118. The Bertz CT molecular complexity index is 948. The molecule has 114 valence electrons. The molecule has 0 bridgehead atoms. The van der Waals surface area contributed by atoms with E-state index in [4.69, 9.17) is 16.0 Å². The van der Waals surface area contributed by atoms with Crippen LogP contribution in [-0.2, 0) is 0 Å². The standard InChI is InChI=1S/C17H13ClN4O/c1-10(11-6-3-2-4-7-11)15-19-13-14(18)20-16(22-17(13)21-15)12-8-5-9-23-12/h2-10H,1H3,(H,19,20,21,22). The summed E-state index contributed by atoms with van der Waals surface area (Å²) in [5, 5.41) is 0.309. The second kappa shape index (κ2) is 5.52. The van der Waals surface area contributed by atoms with Crippen LogP contribution in [0.3, 0.4) is 0 Å². The van der Waals surface area contributed by atoms with E-state index in [2.05, 4.69) is 39.0 Å². The number of imidazole rings is 1. The third-order valence-corrected chi connectivity index (χ3v) is 4.04. The van der Waals surface area contributed by atoms with Crippen LogP contribution in [0.15, 0.2) is 53.1 Å². The number of halogens is 1. The Morgan fingerprint density at radius 2 is 1.87 bits per heavy atom. The molecule has 0 spiro atoms. The summed E-state index contributed by atoms with van der Waals surface area (Å²) in [5.41, 5.74) is 2.34. The van der Waals surface area contributed by atoms with E-state index in [1.54, 1.807) is 18.4 Å². The highest BCUT2D eigenvalue weighted by molar-refractivity contribution is 6.33. The first-order chi connectivity index (χ1) is 11.2. The van der Waals surface area contributed by atoms with Crippen LogP contribution in [0.2, 0.25) is 5.15 Å². The van der Waals surface area contributed by atoms with Gasteiger partial charge in [-0.1, -0.05) is 48.9 Å². The van der Waals surface area contributed by atoms with E-state index in [0.29, 0.717) is 27.9 Å². The van der Waals surface area contributed by atoms with Gasteiger partial charge >= 0.3 is 0 Å². The first-order valence-electron chi connectivity index (χ1n) is 7.24. The molecule has 0 saturated carbocycles. The van der Waals surface area contributed by atoms with E-state index in [9.17, 15) is 0 Å². The van der Waals surface area contributed by atoms with Crippen LogP contribution in [-0.4, -0.2) is 19.9 Å². The smallest absolute Gasteiger partial charge is 0.199 e. The molecule has 3 heterocycles. The van der Waals surface area contributed by atoms with Gasteiger partial charge in [0.15, 0.2) is 22.4 Å².